The maximum absolute atomic E-state index is 10.0. The van der Waals surface area contributed by atoms with Crippen molar-refractivity contribution in [3.63, 3.8) is 0 Å². The van der Waals surface area contributed by atoms with Gasteiger partial charge in [0.2, 0.25) is 5.71 Å². The molecule has 1 aliphatic rings. The van der Waals surface area contributed by atoms with Crippen molar-refractivity contribution >= 4 is 27.8 Å². The number of aromatic nitrogens is 2. The molecule has 0 bridgehead atoms. The van der Waals surface area contributed by atoms with Crippen molar-refractivity contribution in [1.82, 2.24) is 14.9 Å². The largest absolute Gasteiger partial charge is 0.436 e. The van der Waals surface area contributed by atoms with Crippen LogP contribution in [0.3, 0.4) is 0 Å². The quantitative estimate of drug-likeness (QED) is 0.511. The summed E-state index contributed by atoms with van der Waals surface area (Å²) in [6.07, 6.45) is 6.47. The number of hydrogen-bond donors (Lipinski definition) is 0. The lowest BCUT2D eigenvalue weighted by atomic mass is 9.92. The van der Waals surface area contributed by atoms with Gasteiger partial charge in [0.25, 0.3) is 0 Å². The Morgan fingerprint density at radius 2 is 2.07 bits per heavy atom. The number of anilines is 1. The SMILES string of the molecule is Cc1c(-c2cccnc2)c(N2CC[C@H](N(C)C)C2)c2c(oc3ncccc32)c1C#N. The second-order valence-corrected chi connectivity index (χ2v) is 8.09. The first-order valence-corrected chi connectivity index (χ1v) is 10.2. The molecule has 1 fully saturated rings. The molecule has 0 aliphatic carbocycles. The molecule has 1 aliphatic heterocycles. The molecule has 0 unspecified atom stereocenters. The number of benzene rings is 1. The Hall–Kier alpha value is -3.43. The molecule has 0 radical (unpaired) electrons. The van der Waals surface area contributed by atoms with Gasteiger partial charge in [-0.15, -0.1) is 0 Å². The monoisotopic (exact) mass is 397 g/mol. The maximum atomic E-state index is 10.0. The van der Waals surface area contributed by atoms with E-state index in [1.807, 2.05) is 31.3 Å². The van der Waals surface area contributed by atoms with Crippen LogP contribution in [0.4, 0.5) is 5.69 Å². The van der Waals surface area contributed by atoms with Crippen molar-refractivity contribution in [1.29, 1.82) is 5.26 Å². The number of rotatable bonds is 3. The highest BCUT2D eigenvalue weighted by molar-refractivity contribution is 6.16. The van der Waals surface area contributed by atoms with Gasteiger partial charge in [-0.2, -0.15) is 5.26 Å². The third kappa shape index (κ3) is 2.74. The fourth-order valence-corrected chi connectivity index (χ4v) is 4.62. The zero-order valence-electron chi connectivity index (χ0n) is 17.4. The highest BCUT2D eigenvalue weighted by atomic mass is 16.3. The highest BCUT2D eigenvalue weighted by Crippen LogP contribution is 2.47. The van der Waals surface area contributed by atoms with Gasteiger partial charge in [0.1, 0.15) is 6.07 Å². The predicted octanol–water partition coefficient (Wildman–Crippen LogP) is 4.36. The van der Waals surface area contributed by atoms with E-state index in [0.717, 1.165) is 52.7 Å². The van der Waals surface area contributed by atoms with Gasteiger partial charge >= 0.3 is 0 Å². The molecule has 4 heterocycles. The first-order valence-electron chi connectivity index (χ1n) is 10.2. The molecule has 0 saturated carbocycles. The van der Waals surface area contributed by atoms with E-state index in [1.54, 1.807) is 12.4 Å². The topological polar surface area (TPSA) is 69.2 Å². The van der Waals surface area contributed by atoms with Crippen LogP contribution < -0.4 is 4.90 Å². The van der Waals surface area contributed by atoms with Crippen LogP contribution in [0.5, 0.6) is 0 Å². The Balaban J connectivity index is 1.91. The Morgan fingerprint density at radius 1 is 1.23 bits per heavy atom. The van der Waals surface area contributed by atoms with Crippen LogP contribution in [0.2, 0.25) is 0 Å². The summed E-state index contributed by atoms with van der Waals surface area (Å²) in [5.41, 5.74) is 5.85. The minimum atomic E-state index is 0.481. The summed E-state index contributed by atoms with van der Waals surface area (Å²) in [6.45, 7) is 3.88. The number of fused-ring (bicyclic) bond motifs is 3. The molecule has 3 aromatic heterocycles. The number of nitriles is 1. The van der Waals surface area contributed by atoms with Gasteiger partial charge in [-0.3, -0.25) is 4.98 Å². The highest BCUT2D eigenvalue weighted by Gasteiger charge is 2.31. The van der Waals surface area contributed by atoms with Gasteiger partial charge in [0, 0.05) is 48.8 Å². The fourth-order valence-electron chi connectivity index (χ4n) is 4.62. The molecular formula is C24H23N5O. The van der Waals surface area contributed by atoms with Crippen LogP contribution in [-0.4, -0.2) is 48.1 Å². The summed E-state index contributed by atoms with van der Waals surface area (Å²) in [7, 11) is 4.26. The van der Waals surface area contributed by atoms with E-state index in [1.165, 1.54) is 0 Å². The Labute approximate surface area is 175 Å². The van der Waals surface area contributed by atoms with Crippen LogP contribution >= 0.6 is 0 Å². The lowest BCUT2D eigenvalue weighted by Crippen LogP contribution is -2.31. The maximum Gasteiger partial charge on any atom is 0.227 e. The van der Waals surface area contributed by atoms with Gasteiger partial charge in [-0.05, 0) is 51.2 Å². The molecule has 6 heteroatoms. The van der Waals surface area contributed by atoms with E-state index in [9.17, 15) is 5.26 Å². The summed E-state index contributed by atoms with van der Waals surface area (Å²) in [5, 5.41) is 11.9. The average Bonchev–Trinajstić information content (AvgIpc) is 3.39. The van der Waals surface area contributed by atoms with Crippen LogP contribution in [0.25, 0.3) is 33.2 Å². The zero-order valence-corrected chi connectivity index (χ0v) is 17.4. The second kappa shape index (κ2) is 7.12. The number of furan rings is 1. The van der Waals surface area contributed by atoms with Gasteiger partial charge in [0.15, 0.2) is 5.58 Å². The van der Waals surface area contributed by atoms with E-state index in [2.05, 4.69) is 46.0 Å². The van der Waals surface area contributed by atoms with Crippen molar-refractivity contribution in [2.75, 3.05) is 32.1 Å². The second-order valence-electron chi connectivity index (χ2n) is 8.09. The van der Waals surface area contributed by atoms with E-state index < -0.39 is 0 Å². The smallest absolute Gasteiger partial charge is 0.227 e. The minimum Gasteiger partial charge on any atom is -0.436 e. The van der Waals surface area contributed by atoms with Crippen molar-refractivity contribution in [3.8, 4) is 17.2 Å². The van der Waals surface area contributed by atoms with Crippen molar-refractivity contribution in [2.45, 2.75) is 19.4 Å². The summed E-state index contributed by atoms with van der Waals surface area (Å²) in [5.74, 6) is 0. The Morgan fingerprint density at radius 3 is 2.77 bits per heavy atom. The molecule has 150 valence electrons. The molecule has 0 N–H and O–H groups in total. The molecule has 1 atom stereocenters. The average molecular weight is 397 g/mol. The van der Waals surface area contributed by atoms with Gasteiger partial charge in [-0.25, -0.2) is 4.98 Å². The molecular weight excluding hydrogens is 374 g/mol. The lowest BCUT2D eigenvalue weighted by Gasteiger charge is -2.26. The van der Waals surface area contributed by atoms with Gasteiger partial charge in [0.05, 0.1) is 22.0 Å². The number of hydrogen-bond acceptors (Lipinski definition) is 6. The summed E-state index contributed by atoms with van der Waals surface area (Å²) in [6, 6.07) is 10.8. The van der Waals surface area contributed by atoms with E-state index in [0.29, 0.717) is 22.9 Å². The first-order chi connectivity index (χ1) is 14.6. The first kappa shape index (κ1) is 18.6. The van der Waals surface area contributed by atoms with Crippen LogP contribution in [0, 0.1) is 18.3 Å². The molecule has 4 aromatic rings. The Bertz CT molecular complexity index is 1290. The molecule has 5 rings (SSSR count). The Kier molecular flexibility index (Phi) is 4.41. The lowest BCUT2D eigenvalue weighted by molar-refractivity contribution is 0.315. The third-order valence-electron chi connectivity index (χ3n) is 6.19. The molecule has 30 heavy (non-hydrogen) atoms. The molecule has 1 saturated heterocycles. The van der Waals surface area contributed by atoms with Crippen molar-refractivity contribution < 1.29 is 4.42 Å². The van der Waals surface area contributed by atoms with E-state index in [4.69, 9.17) is 4.42 Å². The predicted molar refractivity (Wildman–Crippen MR) is 119 cm³/mol. The molecule has 6 nitrogen and oxygen atoms in total. The molecule has 0 amide bonds. The van der Waals surface area contributed by atoms with Gasteiger partial charge in [-0.1, -0.05) is 6.07 Å². The van der Waals surface area contributed by atoms with Crippen LogP contribution in [-0.2, 0) is 0 Å². The summed E-state index contributed by atoms with van der Waals surface area (Å²) < 4.78 is 6.13. The van der Waals surface area contributed by atoms with Crippen molar-refractivity contribution in [2.24, 2.45) is 0 Å². The van der Waals surface area contributed by atoms with Gasteiger partial charge < -0.3 is 14.2 Å². The van der Waals surface area contributed by atoms with E-state index in [-0.39, 0.29) is 0 Å². The summed E-state index contributed by atoms with van der Waals surface area (Å²) >= 11 is 0. The zero-order chi connectivity index (χ0) is 20.8. The minimum absolute atomic E-state index is 0.481. The van der Waals surface area contributed by atoms with E-state index >= 15 is 0 Å². The molecule has 1 aromatic carbocycles. The third-order valence-corrected chi connectivity index (χ3v) is 6.19. The van der Waals surface area contributed by atoms with Crippen molar-refractivity contribution in [3.05, 3.63) is 54.0 Å². The number of pyridine rings is 2. The number of likely N-dealkylation sites (N-methyl/N-ethyl adjacent to an activating group) is 1. The normalized spacial score (nSPS) is 16.6. The standard InChI is InChI=1S/C24H23N5O/c1-15-19(12-25)23-21(18-7-5-10-27-24(18)30-23)22(20(15)16-6-4-9-26-13-16)29-11-8-17(14-29)28(2)3/h4-7,9-10,13,17H,8,11,14H2,1-3H3/t17-/m0/s1. The summed E-state index contributed by atoms with van der Waals surface area (Å²) in [4.78, 5) is 13.5. The molecule has 0 spiro atoms. The number of nitrogens with zero attached hydrogens (tertiary/aromatic N) is 5. The van der Waals surface area contributed by atoms with Crippen LogP contribution in [0.1, 0.15) is 17.5 Å². The fraction of sp³-hybridized carbons (Fsp3) is 0.292. The van der Waals surface area contributed by atoms with Crippen LogP contribution in [0.15, 0.2) is 47.3 Å².